The lowest BCUT2D eigenvalue weighted by atomic mass is 9.79. The van der Waals surface area contributed by atoms with Crippen LogP contribution in [0.15, 0.2) is 144 Å². The van der Waals surface area contributed by atoms with E-state index in [0.717, 1.165) is 44.6 Å². The lowest BCUT2D eigenvalue weighted by Crippen LogP contribution is -2.19. The molecule has 0 bridgehead atoms. The summed E-state index contributed by atoms with van der Waals surface area (Å²) in [7, 11) is 0. The number of rotatable bonds is 4. The van der Waals surface area contributed by atoms with Gasteiger partial charge in [-0.2, -0.15) is 0 Å². The molecule has 0 atom stereocenters. The number of anilines is 3. The highest BCUT2D eigenvalue weighted by Gasteiger charge is 2.38. The predicted molar refractivity (Wildman–Crippen MR) is 232 cm³/mol. The molecule has 2 heteroatoms. The van der Waals surface area contributed by atoms with E-state index in [1.807, 2.05) is 0 Å². The van der Waals surface area contributed by atoms with Crippen LogP contribution in [0.1, 0.15) is 81.8 Å². The smallest absolute Gasteiger partial charge is 0.138 e. The molecule has 0 aliphatic heterocycles. The Morgan fingerprint density at radius 1 is 0.473 bits per heavy atom. The maximum atomic E-state index is 6.32. The van der Waals surface area contributed by atoms with Crippen LogP contribution in [0, 0.1) is 6.92 Å². The molecule has 1 aromatic heterocycles. The van der Waals surface area contributed by atoms with Crippen molar-refractivity contribution in [3.8, 4) is 33.4 Å². The van der Waals surface area contributed by atoms with Gasteiger partial charge in [0.05, 0.1) is 0 Å². The number of benzene rings is 7. The normalized spacial score (nSPS) is 14.8. The van der Waals surface area contributed by atoms with Crippen molar-refractivity contribution in [3.05, 3.63) is 173 Å². The van der Waals surface area contributed by atoms with Crippen molar-refractivity contribution in [3.63, 3.8) is 0 Å². The summed E-state index contributed by atoms with van der Waals surface area (Å²) in [4.78, 5) is 2.47. The molecule has 0 amide bonds. The van der Waals surface area contributed by atoms with Crippen LogP contribution in [0.2, 0.25) is 0 Å². The van der Waals surface area contributed by atoms with Crippen LogP contribution < -0.4 is 4.90 Å². The van der Waals surface area contributed by atoms with Crippen LogP contribution in [0.4, 0.5) is 17.1 Å². The average Bonchev–Trinajstić information content (AvgIpc) is 3.75. The molecule has 10 rings (SSSR count). The largest absolute Gasteiger partial charge is 0.456 e. The Kier molecular flexibility index (Phi) is 7.09. The van der Waals surface area contributed by atoms with Gasteiger partial charge in [-0.05, 0) is 128 Å². The summed E-state index contributed by atoms with van der Waals surface area (Å²) in [5.41, 5.74) is 20.9. The standard InChI is InChI=1S/C53H47NO/c1-32-13-11-17-43-44-28-34(19-26-49(44)55-50(32)43)33-14-12-15-36(27-33)54(37-21-24-41-39-16-9-10-18-45(39)52(5,6)47(41)30-37)38-22-25-42-40-23-20-35(51(2,3)4)29-46(40)53(7,8)48(42)31-38/h9-31H,1-8H3. The number of hydrogen-bond acceptors (Lipinski definition) is 2. The van der Waals surface area contributed by atoms with Crippen molar-refractivity contribution in [2.24, 2.45) is 0 Å². The highest BCUT2D eigenvalue weighted by Crippen LogP contribution is 2.53. The minimum Gasteiger partial charge on any atom is -0.456 e. The van der Waals surface area contributed by atoms with Crippen LogP contribution in [-0.2, 0) is 16.2 Å². The maximum absolute atomic E-state index is 6.32. The third-order valence-electron chi connectivity index (χ3n) is 12.7. The molecule has 0 N–H and O–H groups in total. The molecule has 0 fully saturated rings. The first kappa shape index (κ1) is 33.7. The molecule has 2 nitrogen and oxygen atoms in total. The van der Waals surface area contributed by atoms with Gasteiger partial charge in [0.15, 0.2) is 0 Å². The SMILES string of the molecule is Cc1cccc2c1oc1ccc(-c3cccc(N(c4ccc5c(c4)C(C)(C)c4ccccc4-5)c4ccc5c(c4)C(C)(C)c4cc(C(C)(C)C)ccc4-5)c3)cc12. The van der Waals surface area contributed by atoms with Crippen molar-refractivity contribution >= 4 is 39.0 Å². The first-order valence-electron chi connectivity index (χ1n) is 19.7. The van der Waals surface area contributed by atoms with E-state index in [1.165, 1.54) is 61.2 Å². The third kappa shape index (κ3) is 5.00. The minimum absolute atomic E-state index is 0.0854. The number of furan rings is 1. The molecule has 270 valence electrons. The van der Waals surface area contributed by atoms with E-state index in [4.69, 9.17) is 4.42 Å². The van der Waals surface area contributed by atoms with Crippen molar-refractivity contribution in [1.82, 2.24) is 0 Å². The summed E-state index contributed by atoms with van der Waals surface area (Å²) in [5.74, 6) is 0. The molecule has 8 aromatic rings. The Balaban J connectivity index is 1.14. The molecular formula is C53H47NO. The van der Waals surface area contributed by atoms with Crippen LogP contribution in [-0.4, -0.2) is 0 Å². The zero-order valence-electron chi connectivity index (χ0n) is 33.1. The quantitative estimate of drug-likeness (QED) is 0.181. The van der Waals surface area contributed by atoms with Gasteiger partial charge < -0.3 is 9.32 Å². The second kappa shape index (κ2) is 11.6. The molecule has 55 heavy (non-hydrogen) atoms. The molecule has 2 aliphatic rings. The number of nitrogens with zero attached hydrogens (tertiary/aromatic N) is 1. The van der Waals surface area contributed by atoms with E-state index in [0.29, 0.717) is 0 Å². The van der Waals surface area contributed by atoms with Gasteiger partial charge in [0.1, 0.15) is 11.2 Å². The van der Waals surface area contributed by atoms with Gasteiger partial charge in [-0.25, -0.2) is 0 Å². The first-order chi connectivity index (χ1) is 26.3. The van der Waals surface area contributed by atoms with Gasteiger partial charge >= 0.3 is 0 Å². The molecular weight excluding hydrogens is 667 g/mol. The van der Waals surface area contributed by atoms with Gasteiger partial charge in [-0.15, -0.1) is 0 Å². The molecule has 0 spiro atoms. The van der Waals surface area contributed by atoms with Crippen molar-refractivity contribution in [2.75, 3.05) is 4.90 Å². The highest BCUT2D eigenvalue weighted by atomic mass is 16.3. The zero-order valence-corrected chi connectivity index (χ0v) is 33.1. The summed E-state index contributed by atoms with van der Waals surface area (Å²) >= 11 is 0. The van der Waals surface area contributed by atoms with Gasteiger partial charge in [0.25, 0.3) is 0 Å². The Hall–Kier alpha value is -5.86. The topological polar surface area (TPSA) is 16.4 Å². The number of aryl methyl sites for hydroxylation is 1. The molecule has 0 radical (unpaired) electrons. The van der Waals surface area contributed by atoms with Gasteiger partial charge in [0.2, 0.25) is 0 Å². The predicted octanol–water partition coefficient (Wildman–Crippen LogP) is 14.9. The van der Waals surface area contributed by atoms with E-state index in [9.17, 15) is 0 Å². The summed E-state index contributed by atoms with van der Waals surface area (Å²) in [6, 6.07) is 52.3. The van der Waals surface area contributed by atoms with Crippen molar-refractivity contribution in [2.45, 2.75) is 71.6 Å². The second-order valence-electron chi connectivity index (χ2n) is 17.9. The van der Waals surface area contributed by atoms with E-state index in [-0.39, 0.29) is 16.2 Å². The van der Waals surface area contributed by atoms with Crippen LogP contribution in [0.25, 0.3) is 55.3 Å². The van der Waals surface area contributed by atoms with Crippen LogP contribution in [0.3, 0.4) is 0 Å². The van der Waals surface area contributed by atoms with Gasteiger partial charge in [-0.3, -0.25) is 0 Å². The van der Waals surface area contributed by atoms with Gasteiger partial charge in [0, 0.05) is 38.7 Å². The van der Waals surface area contributed by atoms with E-state index in [2.05, 4.69) is 200 Å². The minimum atomic E-state index is -0.141. The first-order valence-corrected chi connectivity index (χ1v) is 19.7. The van der Waals surface area contributed by atoms with Crippen LogP contribution >= 0.6 is 0 Å². The molecule has 0 saturated carbocycles. The van der Waals surface area contributed by atoms with Gasteiger partial charge in [-0.1, -0.05) is 139 Å². The summed E-state index contributed by atoms with van der Waals surface area (Å²) in [5, 5.41) is 2.31. The lowest BCUT2D eigenvalue weighted by molar-refractivity contribution is 0.584. The summed E-state index contributed by atoms with van der Waals surface area (Å²) in [6.45, 7) is 18.6. The third-order valence-corrected chi connectivity index (χ3v) is 12.7. The Labute approximate surface area is 325 Å². The highest BCUT2D eigenvalue weighted by molar-refractivity contribution is 6.07. The monoisotopic (exact) mass is 713 g/mol. The molecule has 7 aromatic carbocycles. The van der Waals surface area contributed by atoms with E-state index < -0.39 is 0 Å². The van der Waals surface area contributed by atoms with Crippen LogP contribution in [0.5, 0.6) is 0 Å². The van der Waals surface area contributed by atoms with Crippen molar-refractivity contribution in [1.29, 1.82) is 0 Å². The Bertz CT molecular complexity index is 2870. The fourth-order valence-electron chi connectivity index (χ4n) is 9.55. The summed E-state index contributed by atoms with van der Waals surface area (Å²) in [6.07, 6.45) is 0. The average molecular weight is 714 g/mol. The fraction of sp³-hybridized carbons (Fsp3) is 0.208. The number of para-hydroxylation sites is 1. The molecule has 0 saturated heterocycles. The Morgan fingerprint density at radius 2 is 1.05 bits per heavy atom. The summed E-state index contributed by atoms with van der Waals surface area (Å²) < 4.78 is 6.32. The molecule has 0 unspecified atom stereocenters. The van der Waals surface area contributed by atoms with E-state index >= 15 is 0 Å². The molecule has 1 heterocycles. The fourth-order valence-corrected chi connectivity index (χ4v) is 9.55. The molecule has 2 aliphatic carbocycles. The maximum Gasteiger partial charge on any atom is 0.138 e. The lowest BCUT2D eigenvalue weighted by Gasteiger charge is -2.30. The van der Waals surface area contributed by atoms with E-state index in [1.54, 1.807) is 0 Å². The zero-order chi connectivity index (χ0) is 38.0. The van der Waals surface area contributed by atoms with Crippen molar-refractivity contribution < 1.29 is 4.42 Å². The number of hydrogen-bond donors (Lipinski definition) is 0. The second-order valence-corrected chi connectivity index (χ2v) is 17.9. The Morgan fingerprint density at radius 3 is 1.76 bits per heavy atom. The number of fused-ring (bicyclic) bond motifs is 9.